The van der Waals surface area contributed by atoms with Crippen LogP contribution in [0.2, 0.25) is 0 Å². The third kappa shape index (κ3) is 39.8. The molecule has 2 bridgehead atoms. The number of carbonyl (C=O) groups is 7. The van der Waals surface area contributed by atoms with Crippen LogP contribution in [-0.2, 0) is 85.9 Å². The monoisotopic (exact) mass is 1580 g/mol. The van der Waals surface area contributed by atoms with E-state index >= 15 is 0 Å². The Morgan fingerprint density at radius 2 is 0.750 bits per heavy atom. The molecule has 0 aromatic carbocycles. The molecule has 10 aliphatic rings. The Morgan fingerprint density at radius 3 is 1.01 bits per heavy atom. The van der Waals surface area contributed by atoms with Gasteiger partial charge in [-0.1, -0.05) is 46.9 Å². The van der Waals surface area contributed by atoms with Crippen LogP contribution >= 0.6 is 22.6 Å². The fourth-order valence-corrected chi connectivity index (χ4v) is 12.0. The summed E-state index contributed by atoms with van der Waals surface area (Å²) >= 11 is 2.18. The van der Waals surface area contributed by atoms with Gasteiger partial charge in [0.2, 0.25) is 0 Å². The molecule has 7 heterocycles. The second-order valence-corrected chi connectivity index (χ2v) is 33.5. The van der Waals surface area contributed by atoms with Gasteiger partial charge in [-0.3, -0.25) is 4.90 Å². The number of nitrogens with zero attached hydrogens (tertiary/aromatic N) is 6. The molecule has 3 spiro atoms. The van der Waals surface area contributed by atoms with Crippen LogP contribution in [0.1, 0.15) is 216 Å². The van der Waals surface area contributed by atoms with Gasteiger partial charge in [-0.25, -0.2) is 33.6 Å². The van der Waals surface area contributed by atoms with Crippen molar-refractivity contribution >= 4 is 95.9 Å². The summed E-state index contributed by atoms with van der Waals surface area (Å²) in [7, 11) is 0. The first-order valence-corrected chi connectivity index (χ1v) is 35.2. The summed E-state index contributed by atoms with van der Waals surface area (Å²) in [5.74, 6) is -0.307. The summed E-state index contributed by atoms with van der Waals surface area (Å²) in [6, 6.07) is 0.110. The van der Waals surface area contributed by atoms with Crippen molar-refractivity contribution in [2.75, 3.05) is 63.3 Å². The third-order valence-corrected chi connectivity index (χ3v) is 17.6. The fourth-order valence-electron chi connectivity index (χ4n) is 11.3. The van der Waals surface area contributed by atoms with Gasteiger partial charge in [0.25, 0.3) is 0 Å². The number of halogens is 1. The van der Waals surface area contributed by atoms with Crippen LogP contribution in [0, 0.1) is 16.2 Å². The number of carbonyl (C=O) groups excluding carboxylic acids is 17. The van der Waals surface area contributed by atoms with Crippen LogP contribution < -0.4 is 18.9 Å². The van der Waals surface area contributed by atoms with Crippen LogP contribution in [0.4, 0.5) is 28.8 Å². The summed E-state index contributed by atoms with van der Waals surface area (Å²) in [5.41, 5.74) is 0.711. The number of hydrogen-bond donors (Lipinski definition) is 0. The summed E-state index contributed by atoms with van der Waals surface area (Å²) in [5, 5.41) is 0. The van der Waals surface area contributed by atoms with Crippen molar-refractivity contribution in [2.24, 2.45) is 16.2 Å². The average molecular weight is 1580 g/mol. The van der Waals surface area contributed by atoms with Crippen LogP contribution in [0.3, 0.4) is 0 Å². The van der Waals surface area contributed by atoms with Crippen molar-refractivity contribution in [2.45, 2.75) is 273 Å². The zero-order valence-corrected chi connectivity index (χ0v) is 67.2. The van der Waals surface area contributed by atoms with E-state index in [2.05, 4.69) is 42.7 Å². The number of morpholine rings is 1. The molecule has 1 N–H and O–H groups in total. The number of ether oxygens (including phenoxy) is 7. The van der Waals surface area contributed by atoms with Crippen LogP contribution in [0.5, 0.6) is 0 Å². The van der Waals surface area contributed by atoms with Crippen LogP contribution in [0.25, 0.3) is 0 Å². The summed E-state index contributed by atoms with van der Waals surface area (Å²) < 4.78 is 37.9. The molecule has 10 rings (SSSR count). The average Bonchev–Trinajstić information content (AvgIpc) is 1.62. The third-order valence-electron chi connectivity index (χ3n) is 16.2. The topological polar surface area (TPSA) is 404 Å². The van der Waals surface area contributed by atoms with Crippen molar-refractivity contribution < 1.29 is 139 Å². The molecule has 31 nitrogen and oxygen atoms in total. The predicted octanol–water partition coefficient (Wildman–Crippen LogP) is 8.00. The molecule has 3 saturated carbocycles. The smallest absolute Gasteiger partial charge is 0.870 e. The maximum atomic E-state index is 11.9. The molecule has 7 aliphatic heterocycles. The molecule has 3 aliphatic carbocycles. The Morgan fingerprint density at radius 1 is 0.433 bits per heavy atom. The van der Waals surface area contributed by atoms with Gasteiger partial charge >= 0.3 is 92.1 Å². The molecule has 0 aromatic heterocycles. The fraction of sp³-hybridized carbons (Fsp3) is 0.775. The minimum absolute atomic E-state index is 0. The van der Waals surface area contributed by atoms with Gasteiger partial charge in [0, 0.05) is 75.3 Å². The van der Waals surface area contributed by atoms with E-state index in [0.717, 1.165) is 69.7 Å². The maximum absolute atomic E-state index is 11.9. The number of amides is 6. The SMILES string of the molecule is C=C1CC(C)N(C(=O)OC(C)(C)C)C1.C=C1CCN(C(=O)OC(C)(C)C)C1.CC(C)(C)OC(=O)N1CC2(CI)CC1C(=O)O2.CC(C)(C)OC(=O)N1CCC2(CC2)C1.CC(C)(C)OC(=O)N1CCC2(CC2)C1.CC1CC2(CC2)CN1C(=O)OC(C)(C)C.O=C=O.O=C=O.O=C=O.O=C=O.O=C=O.[Li+].[OH-]. The first kappa shape index (κ1) is 101. The summed E-state index contributed by atoms with van der Waals surface area (Å²) in [4.78, 5) is 174. The zero-order chi connectivity index (χ0) is 79.4. The van der Waals surface area contributed by atoms with Gasteiger partial charge in [-0.15, -0.1) is 0 Å². The minimum Gasteiger partial charge on any atom is -0.870 e. The molecule has 104 heavy (non-hydrogen) atoms. The molecule has 10 fully saturated rings. The first-order chi connectivity index (χ1) is 46.6. The second kappa shape index (κ2) is 43.4. The molecular formula is C71H112ILiN6O25. The van der Waals surface area contributed by atoms with Crippen molar-refractivity contribution in [1.29, 1.82) is 0 Å². The summed E-state index contributed by atoms with van der Waals surface area (Å²) in [6.07, 6.45) is 13.6. The number of likely N-dealkylation sites (tertiary alicyclic amines) is 6. The van der Waals surface area contributed by atoms with Crippen LogP contribution in [-0.4, -0.2) is 229 Å². The van der Waals surface area contributed by atoms with E-state index in [1.807, 2.05) is 146 Å². The van der Waals surface area contributed by atoms with Crippen molar-refractivity contribution in [3.8, 4) is 0 Å². The summed E-state index contributed by atoms with van der Waals surface area (Å²) in [6.45, 7) is 52.7. The Labute approximate surface area is 637 Å². The van der Waals surface area contributed by atoms with E-state index in [4.69, 9.17) is 81.1 Å². The molecule has 0 aromatic rings. The largest absolute Gasteiger partial charge is 1.00 e. The minimum atomic E-state index is -0.541. The number of esters is 1. The Hall–Kier alpha value is -7.24. The van der Waals surface area contributed by atoms with E-state index in [1.165, 1.54) is 56.3 Å². The van der Waals surface area contributed by atoms with Gasteiger partial charge < -0.3 is 63.1 Å². The molecule has 0 radical (unpaired) electrons. The van der Waals surface area contributed by atoms with Gasteiger partial charge in [0.1, 0.15) is 45.2 Å². The first-order valence-electron chi connectivity index (χ1n) is 33.7. The van der Waals surface area contributed by atoms with Crippen molar-refractivity contribution in [1.82, 2.24) is 29.4 Å². The maximum Gasteiger partial charge on any atom is 1.00 e. The zero-order valence-electron chi connectivity index (χ0n) is 65.0. The molecule has 4 atom stereocenters. The van der Waals surface area contributed by atoms with Gasteiger partial charge in [0.05, 0.1) is 6.54 Å². The standard InChI is InChI=1S/C12H21NO2.C11H16INO4.3C11H19NO2.C10H17NO2.5CO2.Li.H2O/c1-9-7-12(5-6-12)8-13(9)10(14)15-11(2,3)4;1-10(2,3)17-9(15)13-6-11(5-12)4-7(13)8(14)16-11;2*1-10(2,3)14-9(13)12-7-6-11(8-12)4-5-11;1-8-6-9(2)12(7-8)10(13)14-11(3,4)5;1-8-5-6-11(7-8)9(12)13-10(2,3)4;5*2-1-3;;/h9H,5-8H2,1-4H3;7H,4-6H2,1-3H3;2*4-8H2,1-3H3;9H,1,6-7H2,2-5H3;1,5-7H2,2-4H3;;;;;;;1H2/q;;;;;;;;;;;+1;/p-1. The number of hydrogen-bond acceptors (Lipinski definition) is 25. The van der Waals surface area contributed by atoms with Gasteiger partial charge in [-0.2, -0.15) is 47.9 Å². The molecule has 33 heteroatoms. The number of rotatable bonds is 1. The molecular weight excluding hydrogens is 1470 g/mol. The molecule has 6 amide bonds. The Kier molecular flexibility index (Phi) is 42.1. The van der Waals surface area contributed by atoms with Gasteiger partial charge in [0.15, 0.2) is 0 Å². The van der Waals surface area contributed by atoms with Crippen molar-refractivity contribution in [3.05, 3.63) is 24.3 Å². The van der Waals surface area contributed by atoms with Gasteiger partial charge in [-0.05, 0) is 225 Å². The van der Waals surface area contributed by atoms with E-state index < -0.39 is 34.5 Å². The van der Waals surface area contributed by atoms with E-state index in [9.17, 15) is 33.6 Å². The molecule has 4 unspecified atom stereocenters. The second-order valence-electron chi connectivity index (χ2n) is 32.8. The molecule has 584 valence electrons. The predicted molar refractivity (Wildman–Crippen MR) is 371 cm³/mol. The quantitative estimate of drug-likeness (QED) is 0.0599. The molecule has 7 saturated heterocycles. The van der Waals surface area contributed by atoms with E-state index in [1.54, 1.807) is 9.80 Å². The normalized spacial score (nSPS) is 21.4. The number of fused-ring (bicyclic) bond motifs is 2. The van der Waals surface area contributed by atoms with E-state index in [0.29, 0.717) is 52.8 Å². The Balaban J connectivity index is -0.00000113. The van der Waals surface area contributed by atoms with Crippen LogP contribution in [0.15, 0.2) is 24.3 Å². The van der Waals surface area contributed by atoms with E-state index in [-0.39, 0.29) is 114 Å². The number of alkyl halides is 1. The Bertz CT molecular complexity index is 2900. The van der Waals surface area contributed by atoms with Crippen molar-refractivity contribution in [3.63, 3.8) is 0 Å².